The van der Waals surface area contributed by atoms with Gasteiger partial charge < -0.3 is 0 Å². The van der Waals surface area contributed by atoms with Gasteiger partial charge in [0.1, 0.15) is 11.7 Å². The first-order chi connectivity index (χ1) is 15.0. The molecule has 0 aliphatic carbocycles. The van der Waals surface area contributed by atoms with Crippen molar-refractivity contribution >= 4 is 46.4 Å². The number of hydrogen-bond donors (Lipinski definition) is 0. The molecular weight excluding hydrogens is 442 g/mol. The first-order valence-electron chi connectivity index (χ1n) is 9.55. The number of imide groups is 1. The molecule has 5 nitrogen and oxygen atoms in total. The van der Waals surface area contributed by atoms with E-state index in [2.05, 4.69) is 0 Å². The van der Waals surface area contributed by atoms with Crippen LogP contribution in [0.4, 0.5) is 15.8 Å². The lowest BCUT2D eigenvalue weighted by molar-refractivity contribution is -0.126. The first-order valence-corrected chi connectivity index (χ1v) is 10.3. The molecule has 0 bridgehead atoms. The quantitative estimate of drug-likeness (QED) is 0.509. The lowest BCUT2D eigenvalue weighted by atomic mass is 9.90. The van der Waals surface area contributed by atoms with Crippen molar-refractivity contribution in [2.45, 2.75) is 12.1 Å². The number of fused-ring (bicyclic) bond motifs is 1. The fourth-order valence-electron chi connectivity index (χ4n) is 4.12. The van der Waals surface area contributed by atoms with Gasteiger partial charge in [-0.2, -0.15) is 0 Å². The number of carbonyl (C=O) groups is 2. The largest absolute Gasteiger partial charge is 0.273 e. The average molecular weight is 457 g/mol. The van der Waals surface area contributed by atoms with E-state index in [4.69, 9.17) is 28.0 Å². The van der Waals surface area contributed by atoms with Crippen molar-refractivity contribution in [3.05, 3.63) is 94.2 Å². The zero-order valence-corrected chi connectivity index (χ0v) is 17.4. The highest BCUT2D eigenvalue weighted by molar-refractivity contribution is 6.35. The van der Waals surface area contributed by atoms with Gasteiger partial charge in [-0.1, -0.05) is 47.5 Å². The molecule has 8 heteroatoms. The fourth-order valence-corrected chi connectivity index (χ4v) is 4.64. The summed E-state index contributed by atoms with van der Waals surface area (Å²) < 4.78 is 13.4. The van der Waals surface area contributed by atoms with Crippen LogP contribution < -0.4 is 9.96 Å². The van der Waals surface area contributed by atoms with Crippen LogP contribution in [0.25, 0.3) is 0 Å². The molecule has 5 rings (SSSR count). The van der Waals surface area contributed by atoms with Gasteiger partial charge in [0.25, 0.3) is 5.91 Å². The van der Waals surface area contributed by atoms with E-state index in [1.807, 2.05) is 30.3 Å². The smallest absolute Gasteiger partial charge is 0.266 e. The van der Waals surface area contributed by atoms with Gasteiger partial charge in [-0.25, -0.2) is 14.4 Å². The standard InChI is InChI=1S/C23H15Cl2FN2O3/c24-13-6-11-17(18(25)12-13)20-19-21(31-28(20)16-4-2-1-3-5-16)23(30)27(22(19)29)15-9-7-14(26)8-10-15/h1-12,19-21H/t19-,20+,21+/m0/s1. The van der Waals surface area contributed by atoms with Gasteiger partial charge in [0.15, 0.2) is 6.10 Å². The van der Waals surface area contributed by atoms with E-state index in [0.29, 0.717) is 27.0 Å². The molecule has 0 radical (unpaired) electrons. The molecule has 0 aromatic heterocycles. The number of carbonyl (C=O) groups excluding carboxylic acids is 2. The van der Waals surface area contributed by atoms with E-state index >= 15 is 0 Å². The summed E-state index contributed by atoms with van der Waals surface area (Å²) in [6.45, 7) is 0. The van der Waals surface area contributed by atoms with Gasteiger partial charge in [-0.3, -0.25) is 14.4 Å². The summed E-state index contributed by atoms with van der Waals surface area (Å²) in [4.78, 5) is 33.7. The Bertz CT molecular complexity index is 1170. The number of halogens is 3. The summed E-state index contributed by atoms with van der Waals surface area (Å²) in [7, 11) is 0. The number of hydrogen-bond acceptors (Lipinski definition) is 4. The van der Waals surface area contributed by atoms with E-state index in [0.717, 1.165) is 4.90 Å². The van der Waals surface area contributed by atoms with Crippen molar-refractivity contribution < 1.29 is 18.8 Å². The summed E-state index contributed by atoms with van der Waals surface area (Å²) in [5.41, 5.74) is 1.59. The monoisotopic (exact) mass is 456 g/mol. The van der Waals surface area contributed by atoms with Gasteiger partial charge in [0.2, 0.25) is 5.91 Å². The Morgan fingerprint density at radius 2 is 1.55 bits per heavy atom. The predicted molar refractivity (Wildman–Crippen MR) is 115 cm³/mol. The zero-order chi connectivity index (χ0) is 21.7. The van der Waals surface area contributed by atoms with E-state index in [-0.39, 0.29) is 0 Å². The third-order valence-corrected chi connectivity index (χ3v) is 6.05. The number of benzene rings is 3. The molecule has 3 aromatic rings. The first kappa shape index (κ1) is 20.0. The Kier molecular flexibility index (Phi) is 4.93. The molecule has 2 amide bonds. The van der Waals surface area contributed by atoms with E-state index in [1.54, 1.807) is 23.3 Å². The van der Waals surface area contributed by atoms with Crippen LogP contribution in [-0.2, 0) is 14.4 Å². The highest BCUT2D eigenvalue weighted by Crippen LogP contribution is 2.49. The van der Waals surface area contributed by atoms with Crippen LogP contribution >= 0.6 is 23.2 Å². The van der Waals surface area contributed by atoms with Crippen LogP contribution in [0.3, 0.4) is 0 Å². The van der Waals surface area contributed by atoms with Gasteiger partial charge in [-0.15, -0.1) is 0 Å². The van der Waals surface area contributed by atoms with Crippen LogP contribution in [0.1, 0.15) is 11.6 Å². The molecule has 31 heavy (non-hydrogen) atoms. The second-order valence-corrected chi connectivity index (χ2v) is 8.16. The fraction of sp³-hybridized carbons (Fsp3) is 0.130. The highest BCUT2D eigenvalue weighted by Gasteiger charge is 2.60. The van der Waals surface area contributed by atoms with Crippen molar-refractivity contribution in [1.82, 2.24) is 0 Å². The molecule has 3 atom stereocenters. The molecular formula is C23H15Cl2FN2O3. The predicted octanol–water partition coefficient (Wildman–Crippen LogP) is 5.18. The highest BCUT2D eigenvalue weighted by atomic mass is 35.5. The van der Waals surface area contributed by atoms with Crippen LogP contribution in [0.5, 0.6) is 0 Å². The molecule has 0 saturated carbocycles. The lowest BCUT2D eigenvalue weighted by Crippen LogP contribution is -2.37. The third kappa shape index (κ3) is 3.28. The maximum absolute atomic E-state index is 13.5. The van der Waals surface area contributed by atoms with Crippen molar-refractivity contribution in [2.24, 2.45) is 5.92 Å². The molecule has 2 heterocycles. The maximum Gasteiger partial charge on any atom is 0.266 e. The van der Waals surface area contributed by atoms with Crippen LogP contribution in [0.2, 0.25) is 10.0 Å². The average Bonchev–Trinajstić information content (AvgIpc) is 3.26. The second-order valence-electron chi connectivity index (χ2n) is 7.31. The molecule has 0 spiro atoms. The Balaban J connectivity index is 1.61. The van der Waals surface area contributed by atoms with E-state index < -0.39 is 35.7 Å². The second kappa shape index (κ2) is 7.64. The zero-order valence-electron chi connectivity index (χ0n) is 15.9. The molecule has 0 N–H and O–H groups in total. The van der Waals surface area contributed by atoms with E-state index in [9.17, 15) is 14.0 Å². The van der Waals surface area contributed by atoms with E-state index in [1.165, 1.54) is 24.3 Å². The van der Waals surface area contributed by atoms with Crippen molar-refractivity contribution in [1.29, 1.82) is 0 Å². The minimum Gasteiger partial charge on any atom is -0.273 e. The number of nitrogens with zero attached hydrogens (tertiary/aromatic N) is 2. The Morgan fingerprint density at radius 3 is 2.23 bits per heavy atom. The van der Waals surface area contributed by atoms with Gasteiger partial charge in [0, 0.05) is 10.0 Å². The summed E-state index contributed by atoms with van der Waals surface area (Å²) in [6.07, 6.45) is -1.03. The van der Waals surface area contributed by atoms with Crippen molar-refractivity contribution in [2.75, 3.05) is 9.96 Å². The molecule has 156 valence electrons. The van der Waals surface area contributed by atoms with Crippen LogP contribution in [0.15, 0.2) is 72.8 Å². The number of anilines is 2. The SMILES string of the molecule is O=C1[C@H]2[C@@H](c3ccc(Cl)cc3Cl)N(c3ccccc3)O[C@H]2C(=O)N1c1ccc(F)cc1. The molecule has 2 aliphatic rings. The Hall–Kier alpha value is -2.93. The van der Waals surface area contributed by atoms with Crippen molar-refractivity contribution in [3.8, 4) is 0 Å². The molecule has 2 fully saturated rings. The number of para-hydroxylation sites is 1. The Labute approximate surface area is 187 Å². The Morgan fingerprint density at radius 1 is 0.839 bits per heavy atom. The molecule has 3 aromatic carbocycles. The maximum atomic E-state index is 13.5. The minimum atomic E-state index is -1.03. The summed E-state index contributed by atoms with van der Waals surface area (Å²) >= 11 is 12.6. The van der Waals surface area contributed by atoms with Gasteiger partial charge >= 0.3 is 0 Å². The summed E-state index contributed by atoms with van der Waals surface area (Å²) in [5, 5.41) is 2.38. The third-order valence-electron chi connectivity index (χ3n) is 5.49. The normalized spacial score (nSPS) is 22.9. The van der Waals surface area contributed by atoms with Crippen LogP contribution in [-0.4, -0.2) is 17.9 Å². The topological polar surface area (TPSA) is 49.9 Å². The summed E-state index contributed by atoms with van der Waals surface area (Å²) in [5.74, 6) is -2.23. The lowest BCUT2D eigenvalue weighted by Gasteiger charge is -2.29. The molecule has 2 saturated heterocycles. The number of hydroxylamine groups is 1. The minimum absolute atomic E-state index is 0.293. The van der Waals surface area contributed by atoms with Crippen LogP contribution in [0, 0.1) is 11.7 Å². The number of amides is 2. The van der Waals surface area contributed by atoms with Gasteiger partial charge in [-0.05, 0) is 54.1 Å². The number of rotatable bonds is 3. The summed E-state index contributed by atoms with van der Waals surface area (Å²) in [6, 6.07) is 18.7. The molecule has 0 unspecified atom stereocenters. The van der Waals surface area contributed by atoms with Gasteiger partial charge in [0.05, 0.1) is 17.4 Å². The van der Waals surface area contributed by atoms with Crippen molar-refractivity contribution in [3.63, 3.8) is 0 Å². The molecule has 2 aliphatic heterocycles.